The first-order valence-corrected chi connectivity index (χ1v) is 10.7. The van der Waals surface area contributed by atoms with Gasteiger partial charge in [0.05, 0.1) is 18.1 Å². The van der Waals surface area contributed by atoms with Crippen LogP contribution in [0.5, 0.6) is 5.75 Å². The van der Waals surface area contributed by atoms with Gasteiger partial charge in [-0.1, -0.05) is 18.2 Å². The van der Waals surface area contributed by atoms with E-state index in [1.807, 2.05) is 24.3 Å². The van der Waals surface area contributed by atoms with E-state index in [0.29, 0.717) is 24.8 Å². The highest BCUT2D eigenvalue weighted by molar-refractivity contribution is 7.91. The molecule has 1 atom stereocenters. The molecule has 1 saturated carbocycles. The lowest BCUT2D eigenvalue weighted by Gasteiger charge is -2.16. The molecule has 1 aliphatic heterocycles. The van der Waals surface area contributed by atoms with Crippen LogP contribution in [-0.2, 0) is 16.4 Å². The first kappa shape index (κ1) is 18.0. The molecule has 0 amide bonds. The van der Waals surface area contributed by atoms with E-state index in [2.05, 4.69) is 15.6 Å². The number of nitrogens with one attached hydrogen (secondary N) is 2. The van der Waals surface area contributed by atoms with Gasteiger partial charge >= 0.3 is 0 Å². The van der Waals surface area contributed by atoms with E-state index in [4.69, 9.17) is 4.74 Å². The molecule has 7 heteroatoms. The third kappa shape index (κ3) is 5.63. The fourth-order valence-electron chi connectivity index (χ4n) is 2.96. The van der Waals surface area contributed by atoms with Crippen LogP contribution in [0.15, 0.2) is 29.3 Å². The number of hydrogen-bond acceptors (Lipinski definition) is 4. The van der Waals surface area contributed by atoms with Gasteiger partial charge in [-0.2, -0.15) is 0 Å². The van der Waals surface area contributed by atoms with Crippen LogP contribution in [-0.4, -0.2) is 46.1 Å². The SMILES string of the molecule is CN=C(NCc1ccccc1OCC1CC1)NCC1CCS(=O)(=O)C1. The summed E-state index contributed by atoms with van der Waals surface area (Å²) in [5, 5.41) is 6.52. The summed E-state index contributed by atoms with van der Waals surface area (Å²) in [4.78, 5) is 4.22. The van der Waals surface area contributed by atoms with Crippen molar-refractivity contribution in [2.24, 2.45) is 16.8 Å². The molecule has 1 aromatic rings. The number of rotatable bonds is 7. The Balaban J connectivity index is 1.47. The van der Waals surface area contributed by atoms with Crippen LogP contribution in [0.25, 0.3) is 0 Å². The third-order valence-electron chi connectivity index (χ3n) is 4.70. The van der Waals surface area contributed by atoms with Crippen molar-refractivity contribution >= 4 is 15.8 Å². The van der Waals surface area contributed by atoms with Crippen molar-refractivity contribution in [2.45, 2.75) is 25.8 Å². The summed E-state index contributed by atoms with van der Waals surface area (Å²) < 4.78 is 29.0. The molecule has 6 nitrogen and oxygen atoms in total. The molecule has 25 heavy (non-hydrogen) atoms. The summed E-state index contributed by atoms with van der Waals surface area (Å²) in [5.41, 5.74) is 1.09. The van der Waals surface area contributed by atoms with Gasteiger partial charge in [-0.15, -0.1) is 0 Å². The zero-order chi connectivity index (χ0) is 17.7. The Labute approximate surface area is 150 Å². The van der Waals surface area contributed by atoms with Gasteiger partial charge in [0.2, 0.25) is 0 Å². The second-order valence-corrected chi connectivity index (χ2v) is 9.17. The van der Waals surface area contributed by atoms with Crippen molar-refractivity contribution in [1.82, 2.24) is 10.6 Å². The Kier molecular flexibility index (Phi) is 5.83. The molecule has 3 rings (SSSR count). The largest absolute Gasteiger partial charge is 0.493 e. The molecule has 0 radical (unpaired) electrons. The number of nitrogens with zero attached hydrogens (tertiary/aromatic N) is 1. The zero-order valence-corrected chi connectivity index (χ0v) is 15.5. The maximum absolute atomic E-state index is 11.5. The van der Waals surface area contributed by atoms with Gasteiger partial charge in [-0.05, 0) is 37.2 Å². The summed E-state index contributed by atoms with van der Waals surface area (Å²) in [6, 6.07) is 8.03. The summed E-state index contributed by atoms with van der Waals surface area (Å²) >= 11 is 0. The number of hydrogen-bond donors (Lipinski definition) is 2. The molecule has 138 valence electrons. The van der Waals surface area contributed by atoms with Gasteiger partial charge < -0.3 is 15.4 Å². The molecule has 1 aliphatic carbocycles. The second-order valence-electron chi connectivity index (χ2n) is 6.94. The van der Waals surface area contributed by atoms with Crippen LogP contribution in [0.3, 0.4) is 0 Å². The Hall–Kier alpha value is -1.76. The quantitative estimate of drug-likeness (QED) is 0.566. The van der Waals surface area contributed by atoms with Crippen molar-refractivity contribution < 1.29 is 13.2 Å². The molecule has 1 heterocycles. The van der Waals surface area contributed by atoms with E-state index in [1.165, 1.54) is 12.8 Å². The summed E-state index contributed by atoms with van der Waals surface area (Å²) in [6.07, 6.45) is 3.27. The lowest BCUT2D eigenvalue weighted by molar-refractivity contribution is 0.296. The minimum Gasteiger partial charge on any atom is -0.493 e. The molecule has 1 unspecified atom stereocenters. The summed E-state index contributed by atoms with van der Waals surface area (Å²) in [7, 11) is -1.12. The molecular weight excluding hydrogens is 338 g/mol. The predicted octanol–water partition coefficient (Wildman–Crippen LogP) is 1.58. The lowest BCUT2D eigenvalue weighted by atomic mass is 10.1. The van der Waals surface area contributed by atoms with Gasteiger partial charge in [-0.3, -0.25) is 4.99 Å². The Morgan fingerprint density at radius 2 is 2.00 bits per heavy atom. The molecule has 0 spiro atoms. The van der Waals surface area contributed by atoms with E-state index in [0.717, 1.165) is 30.3 Å². The van der Waals surface area contributed by atoms with Crippen molar-refractivity contribution in [3.63, 3.8) is 0 Å². The number of sulfone groups is 1. The third-order valence-corrected chi connectivity index (χ3v) is 6.54. The summed E-state index contributed by atoms with van der Waals surface area (Å²) in [6.45, 7) is 2.03. The highest BCUT2D eigenvalue weighted by Gasteiger charge is 2.27. The van der Waals surface area contributed by atoms with Gasteiger partial charge in [0.15, 0.2) is 15.8 Å². The zero-order valence-electron chi connectivity index (χ0n) is 14.7. The maximum atomic E-state index is 11.5. The van der Waals surface area contributed by atoms with Gasteiger partial charge in [0.25, 0.3) is 0 Å². The fraction of sp³-hybridized carbons (Fsp3) is 0.611. The smallest absolute Gasteiger partial charge is 0.191 e. The van der Waals surface area contributed by atoms with Gasteiger partial charge in [-0.25, -0.2) is 8.42 Å². The minimum absolute atomic E-state index is 0.165. The van der Waals surface area contributed by atoms with Crippen molar-refractivity contribution in [1.29, 1.82) is 0 Å². The first-order valence-electron chi connectivity index (χ1n) is 8.91. The molecule has 1 aromatic carbocycles. The van der Waals surface area contributed by atoms with Crippen LogP contribution < -0.4 is 15.4 Å². The Bertz CT molecular complexity index is 714. The molecule has 2 fully saturated rings. The molecule has 2 N–H and O–H groups in total. The number of aliphatic imine (C=N–C) groups is 1. The van der Waals surface area contributed by atoms with Crippen LogP contribution >= 0.6 is 0 Å². The Morgan fingerprint density at radius 3 is 2.68 bits per heavy atom. The standard InChI is InChI=1S/C18H27N3O3S/c1-19-18(20-10-15-8-9-25(22,23)13-15)21-11-16-4-2-3-5-17(16)24-12-14-6-7-14/h2-5,14-15H,6-13H2,1H3,(H2,19,20,21). The highest BCUT2D eigenvalue weighted by atomic mass is 32.2. The van der Waals surface area contributed by atoms with Crippen LogP contribution in [0.2, 0.25) is 0 Å². The summed E-state index contributed by atoms with van der Waals surface area (Å²) in [5.74, 6) is 3.06. The van der Waals surface area contributed by atoms with Gasteiger partial charge in [0, 0.05) is 25.7 Å². The van der Waals surface area contributed by atoms with Crippen molar-refractivity contribution in [3.05, 3.63) is 29.8 Å². The Morgan fingerprint density at radius 1 is 1.20 bits per heavy atom. The van der Waals surface area contributed by atoms with Crippen molar-refractivity contribution in [3.8, 4) is 5.75 Å². The predicted molar refractivity (Wildman–Crippen MR) is 99.6 cm³/mol. The minimum atomic E-state index is -2.84. The van der Waals surface area contributed by atoms with E-state index in [1.54, 1.807) is 7.05 Å². The van der Waals surface area contributed by atoms with Crippen molar-refractivity contribution in [2.75, 3.05) is 31.7 Å². The van der Waals surface area contributed by atoms with E-state index in [9.17, 15) is 8.42 Å². The van der Waals surface area contributed by atoms with E-state index in [-0.39, 0.29) is 11.7 Å². The molecule has 2 aliphatic rings. The highest BCUT2D eigenvalue weighted by Crippen LogP contribution is 2.30. The lowest BCUT2D eigenvalue weighted by Crippen LogP contribution is -2.39. The van der Waals surface area contributed by atoms with Crippen LogP contribution in [0.4, 0.5) is 0 Å². The average Bonchev–Trinajstić information content (AvgIpc) is 3.36. The first-order chi connectivity index (χ1) is 12.1. The number of ether oxygens (including phenoxy) is 1. The normalized spacial score (nSPS) is 22.6. The topological polar surface area (TPSA) is 79.8 Å². The van der Waals surface area contributed by atoms with Crippen LogP contribution in [0.1, 0.15) is 24.8 Å². The molecule has 1 saturated heterocycles. The second kappa shape index (κ2) is 8.08. The molecule has 0 bridgehead atoms. The molecule has 0 aromatic heterocycles. The van der Waals surface area contributed by atoms with Crippen LogP contribution in [0, 0.1) is 11.8 Å². The molecular formula is C18H27N3O3S. The number of para-hydroxylation sites is 1. The van der Waals surface area contributed by atoms with E-state index < -0.39 is 9.84 Å². The maximum Gasteiger partial charge on any atom is 0.191 e. The van der Waals surface area contributed by atoms with Gasteiger partial charge in [0.1, 0.15) is 5.75 Å². The fourth-order valence-corrected chi connectivity index (χ4v) is 4.82. The average molecular weight is 365 g/mol. The number of guanidine groups is 1. The number of benzene rings is 1. The van der Waals surface area contributed by atoms with E-state index >= 15 is 0 Å². The monoisotopic (exact) mass is 365 g/mol.